The Morgan fingerprint density at radius 1 is 1.00 bits per heavy atom. The smallest absolute Gasteiger partial charge is 0.0649 e. The van der Waals surface area contributed by atoms with Crippen molar-refractivity contribution in [2.24, 2.45) is 5.92 Å². The average molecular weight is 311 g/mol. The molecule has 0 amide bonds. The molecule has 0 radical (unpaired) electrons. The van der Waals surface area contributed by atoms with E-state index in [0.29, 0.717) is 5.92 Å². The number of likely N-dealkylation sites (N-methyl/N-ethyl adjacent to an activating group) is 1. The number of hydrogen-bond donors (Lipinski definition) is 1. The maximum Gasteiger partial charge on any atom is 0.0649 e. The summed E-state index contributed by atoms with van der Waals surface area (Å²) in [5.41, 5.74) is 1.27. The van der Waals surface area contributed by atoms with E-state index in [9.17, 15) is 5.11 Å². The highest BCUT2D eigenvalue weighted by Gasteiger charge is 2.30. The van der Waals surface area contributed by atoms with Crippen molar-refractivity contribution in [3.05, 3.63) is 48.0 Å². The van der Waals surface area contributed by atoms with Gasteiger partial charge in [0.15, 0.2) is 0 Å². The zero-order chi connectivity index (χ0) is 16.2. The Kier molecular flexibility index (Phi) is 5.34. The highest BCUT2D eigenvalue weighted by Crippen LogP contribution is 2.34. The Hall–Kier alpha value is -1.38. The Bertz CT molecular complexity index is 631. The lowest BCUT2D eigenvalue weighted by atomic mass is 9.78. The second kappa shape index (κ2) is 7.46. The van der Waals surface area contributed by atoms with E-state index in [-0.39, 0.29) is 12.0 Å². The van der Waals surface area contributed by atoms with Crippen LogP contribution in [0.3, 0.4) is 0 Å². The number of rotatable bonds is 5. The standard InChI is InChI=1S/C21H29NO/c1-22(2)15-20(21(23)17-9-4-3-5-10-17)19-13-12-16-8-6-7-11-18(16)14-19/h6-8,11-14,17,20-21,23H,3-5,9-10,15H2,1-2H3/t20?,21-/m0/s1. The molecule has 0 spiro atoms. The first-order chi connectivity index (χ1) is 11.1. The van der Waals surface area contributed by atoms with Crippen LogP contribution in [0.5, 0.6) is 0 Å². The molecule has 1 aliphatic rings. The summed E-state index contributed by atoms with van der Waals surface area (Å²) in [4.78, 5) is 2.20. The van der Waals surface area contributed by atoms with Gasteiger partial charge in [0.1, 0.15) is 0 Å². The molecule has 1 fully saturated rings. The molecule has 0 aromatic heterocycles. The highest BCUT2D eigenvalue weighted by atomic mass is 16.3. The fourth-order valence-electron chi connectivity index (χ4n) is 4.05. The lowest BCUT2D eigenvalue weighted by molar-refractivity contribution is 0.0520. The number of aliphatic hydroxyl groups is 1. The molecule has 0 saturated heterocycles. The molecule has 1 unspecified atom stereocenters. The van der Waals surface area contributed by atoms with Gasteiger partial charge in [-0.05, 0) is 49.2 Å². The maximum absolute atomic E-state index is 11.1. The molecule has 1 N–H and O–H groups in total. The SMILES string of the molecule is CN(C)CC(c1ccc2ccccc2c1)[C@@H](O)C1CCCCC1. The Morgan fingerprint density at radius 2 is 1.70 bits per heavy atom. The third-order valence-electron chi connectivity index (χ3n) is 5.31. The van der Waals surface area contributed by atoms with Crippen molar-refractivity contribution < 1.29 is 5.11 Å². The fraction of sp³-hybridized carbons (Fsp3) is 0.524. The van der Waals surface area contributed by atoms with Gasteiger partial charge in [-0.25, -0.2) is 0 Å². The molecule has 2 aromatic carbocycles. The first kappa shape index (κ1) is 16.5. The van der Waals surface area contributed by atoms with Crippen LogP contribution in [0.1, 0.15) is 43.6 Å². The van der Waals surface area contributed by atoms with E-state index in [0.717, 1.165) is 6.54 Å². The predicted molar refractivity (Wildman–Crippen MR) is 97.8 cm³/mol. The summed E-state index contributed by atoms with van der Waals surface area (Å²) in [6, 6.07) is 15.2. The number of nitrogens with zero attached hydrogens (tertiary/aromatic N) is 1. The fourth-order valence-corrected chi connectivity index (χ4v) is 4.05. The minimum atomic E-state index is -0.237. The van der Waals surface area contributed by atoms with E-state index in [1.54, 1.807) is 0 Å². The van der Waals surface area contributed by atoms with Gasteiger partial charge in [-0.2, -0.15) is 0 Å². The molecule has 0 heterocycles. The average Bonchev–Trinajstić information content (AvgIpc) is 2.59. The number of aliphatic hydroxyl groups excluding tert-OH is 1. The van der Waals surface area contributed by atoms with E-state index in [1.165, 1.54) is 48.4 Å². The molecule has 2 heteroatoms. The van der Waals surface area contributed by atoms with Crippen LogP contribution in [0.2, 0.25) is 0 Å². The van der Waals surface area contributed by atoms with Crippen LogP contribution in [-0.2, 0) is 0 Å². The van der Waals surface area contributed by atoms with Crippen molar-refractivity contribution in [1.29, 1.82) is 0 Å². The summed E-state index contributed by atoms with van der Waals surface area (Å²) in [6.45, 7) is 0.899. The Labute approximate surface area is 140 Å². The van der Waals surface area contributed by atoms with Gasteiger partial charge in [0.25, 0.3) is 0 Å². The topological polar surface area (TPSA) is 23.5 Å². The van der Waals surface area contributed by atoms with E-state index >= 15 is 0 Å². The number of benzene rings is 2. The van der Waals surface area contributed by atoms with E-state index in [2.05, 4.69) is 61.5 Å². The van der Waals surface area contributed by atoms with Crippen LogP contribution in [-0.4, -0.2) is 36.8 Å². The van der Waals surface area contributed by atoms with E-state index in [4.69, 9.17) is 0 Å². The van der Waals surface area contributed by atoms with Gasteiger partial charge in [-0.3, -0.25) is 0 Å². The highest BCUT2D eigenvalue weighted by molar-refractivity contribution is 5.83. The second-order valence-corrected chi connectivity index (χ2v) is 7.36. The molecule has 2 aromatic rings. The van der Waals surface area contributed by atoms with Crippen molar-refractivity contribution >= 4 is 10.8 Å². The Balaban J connectivity index is 1.89. The maximum atomic E-state index is 11.1. The van der Waals surface area contributed by atoms with Gasteiger partial charge in [0, 0.05) is 12.5 Å². The van der Waals surface area contributed by atoms with Crippen LogP contribution in [0.25, 0.3) is 10.8 Å². The molecule has 124 valence electrons. The summed E-state index contributed by atoms with van der Waals surface area (Å²) in [6.07, 6.45) is 6.00. The normalized spacial score (nSPS) is 19.1. The van der Waals surface area contributed by atoms with Crippen molar-refractivity contribution in [1.82, 2.24) is 4.90 Å². The van der Waals surface area contributed by atoms with Gasteiger partial charge >= 0.3 is 0 Å². The molecule has 1 saturated carbocycles. The van der Waals surface area contributed by atoms with Crippen molar-refractivity contribution in [2.75, 3.05) is 20.6 Å². The van der Waals surface area contributed by atoms with Gasteiger partial charge in [-0.15, -0.1) is 0 Å². The lowest BCUT2D eigenvalue weighted by Gasteiger charge is -2.34. The lowest BCUT2D eigenvalue weighted by Crippen LogP contribution is -2.35. The molecule has 3 rings (SSSR count). The molecule has 0 aliphatic heterocycles. The van der Waals surface area contributed by atoms with Gasteiger partial charge in [0.05, 0.1) is 6.10 Å². The van der Waals surface area contributed by atoms with E-state index in [1.807, 2.05) is 0 Å². The molecule has 2 nitrogen and oxygen atoms in total. The third-order valence-corrected chi connectivity index (χ3v) is 5.31. The minimum Gasteiger partial charge on any atom is -0.392 e. The molecule has 23 heavy (non-hydrogen) atoms. The van der Waals surface area contributed by atoms with Crippen LogP contribution < -0.4 is 0 Å². The van der Waals surface area contributed by atoms with Gasteiger partial charge < -0.3 is 10.0 Å². The third kappa shape index (κ3) is 3.94. The summed E-state index contributed by atoms with van der Waals surface area (Å²) < 4.78 is 0. The second-order valence-electron chi connectivity index (χ2n) is 7.36. The van der Waals surface area contributed by atoms with Crippen LogP contribution in [0.15, 0.2) is 42.5 Å². The minimum absolute atomic E-state index is 0.192. The van der Waals surface area contributed by atoms with Crippen LogP contribution >= 0.6 is 0 Å². The summed E-state index contributed by atoms with van der Waals surface area (Å²) in [7, 11) is 4.20. The van der Waals surface area contributed by atoms with Crippen LogP contribution in [0, 0.1) is 5.92 Å². The van der Waals surface area contributed by atoms with Gasteiger partial charge in [-0.1, -0.05) is 61.7 Å². The van der Waals surface area contributed by atoms with Gasteiger partial charge in [0.2, 0.25) is 0 Å². The predicted octanol–water partition coefficient (Wildman–Crippen LogP) is 4.43. The molecule has 1 aliphatic carbocycles. The zero-order valence-electron chi connectivity index (χ0n) is 14.4. The molecular weight excluding hydrogens is 282 g/mol. The van der Waals surface area contributed by atoms with E-state index < -0.39 is 0 Å². The molecule has 0 bridgehead atoms. The summed E-state index contributed by atoms with van der Waals surface area (Å²) >= 11 is 0. The first-order valence-electron chi connectivity index (χ1n) is 8.96. The monoisotopic (exact) mass is 311 g/mol. The zero-order valence-corrected chi connectivity index (χ0v) is 14.4. The van der Waals surface area contributed by atoms with Crippen molar-refractivity contribution in [3.63, 3.8) is 0 Å². The quantitative estimate of drug-likeness (QED) is 0.883. The summed E-state index contributed by atoms with van der Waals surface area (Å²) in [5, 5.41) is 13.6. The molecular formula is C21H29NO. The number of fused-ring (bicyclic) bond motifs is 1. The largest absolute Gasteiger partial charge is 0.392 e. The Morgan fingerprint density at radius 3 is 2.39 bits per heavy atom. The molecule has 2 atom stereocenters. The number of hydrogen-bond acceptors (Lipinski definition) is 2. The van der Waals surface area contributed by atoms with Crippen molar-refractivity contribution in [3.8, 4) is 0 Å². The van der Waals surface area contributed by atoms with Crippen LogP contribution in [0.4, 0.5) is 0 Å². The van der Waals surface area contributed by atoms with Crippen molar-refractivity contribution in [2.45, 2.75) is 44.1 Å². The summed E-state index contributed by atoms with van der Waals surface area (Å²) in [5.74, 6) is 0.651. The first-order valence-corrected chi connectivity index (χ1v) is 8.96.